The zero-order valence-electron chi connectivity index (χ0n) is 18.5. The highest BCUT2D eigenvalue weighted by molar-refractivity contribution is 6.03. The van der Waals surface area contributed by atoms with Crippen LogP contribution in [0.2, 0.25) is 0 Å². The van der Waals surface area contributed by atoms with E-state index in [1.807, 2.05) is 74.0 Å². The molecule has 1 unspecified atom stereocenters. The molecule has 1 aliphatic heterocycles. The Balaban J connectivity index is 1.51. The summed E-state index contributed by atoms with van der Waals surface area (Å²) in [5.74, 6) is -0.548. The standard InChI is InChI=1S/C25H28N4O2/c1-5-19-7-6-8-22(13-19)28-15-20(14-23(28)30)25(31)26-24-17(3)27-29(18(24)4)21-11-9-16(2)10-12-21/h6-13,20H,5,14-15H2,1-4H3,(H,26,31). The third kappa shape index (κ3) is 4.10. The second-order valence-corrected chi connectivity index (χ2v) is 8.21. The Morgan fingerprint density at radius 2 is 1.84 bits per heavy atom. The monoisotopic (exact) mass is 416 g/mol. The molecule has 1 saturated heterocycles. The molecule has 0 bridgehead atoms. The maximum atomic E-state index is 13.0. The van der Waals surface area contributed by atoms with E-state index in [9.17, 15) is 9.59 Å². The third-order valence-corrected chi connectivity index (χ3v) is 5.94. The molecule has 1 atom stereocenters. The van der Waals surface area contributed by atoms with Gasteiger partial charge in [-0.2, -0.15) is 5.10 Å². The minimum absolute atomic E-state index is 0.0165. The van der Waals surface area contributed by atoms with E-state index < -0.39 is 0 Å². The number of benzene rings is 2. The molecule has 6 nitrogen and oxygen atoms in total. The highest BCUT2D eigenvalue weighted by Gasteiger charge is 2.35. The van der Waals surface area contributed by atoms with E-state index >= 15 is 0 Å². The molecule has 2 heterocycles. The topological polar surface area (TPSA) is 67.2 Å². The van der Waals surface area contributed by atoms with E-state index in [0.717, 1.165) is 29.2 Å². The van der Waals surface area contributed by atoms with Gasteiger partial charge >= 0.3 is 0 Å². The quantitative estimate of drug-likeness (QED) is 0.672. The van der Waals surface area contributed by atoms with Crippen molar-refractivity contribution in [3.8, 4) is 5.69 Å². The van der Waals surface area contributed by atoms with Gasteiger partial charge in [-0.25, -0.2) is 4.68 Å². The van der Waals surface area contributed by atoms with E-state index in [1.165, 1.54) is 11.1 Å². The van der Waals surface area contributed by atoms with E-state index in [4.69, 9.17) is 0 Å². The van der Waals surface area contributed by atoms with Gasteiger partial charge in [0, 0.05) is 18.7 Å². The van der Waals surface area contributed by atoms with Crippen LogP contribution in [0.25, 0.3) is 5.69 Å². The number of hydrogen-bond acceptors (Lipinski definition) is 3. The Morgan fingerprint density at radius 1 is 1.10 bits per heavy atom. The first-order valence-electron chi connectivity index (χ1n) is 10.7. The number of nitrogens with one attached hydrogen (secondary N) is 1. The van der Waals surface area contributed by atoms with Crippen molar-refractivity contribution in [2.75, 3.05) is 16.8 Å². The summed E-state index contributed by atoms with van der Waals surface area (Å²) < 4.78 is 1.84. The van der Waals surface area contributed by atoms with Crippen LogP contribution in [0.15, 0.2) is 48.5 Å². The smallest absolute Gasteiger partial charge is 0.229 e. The largest absolute Gasteiger partial charge is 0.323 e. The number of aromatic nitrogens is 2. The lowest BCUT2D eigenvalue weighted by Crippen LogP contribution is -2.28. The third-order valence-electron chi connectivity index (χ3n) is 5.94. The summed E-state index contributed by atoms with van der Waals surface area (Å²) in [5, 5.41) is 7.65. The summed E-state index contributed by atoms with van der Waals surface area (Å²) in [5.41, 5.74) is 6.50. The number of aryl methyl sites for hydroxylation is 3. The van der Waals surface area contributed by atoms with Gasteiger partial charge in [0.25, 0.3) is 0 Å². The molecular formula is C25H28N4O2. The normalized spacial score (nSPS) is 16.1. The maximum Gasteiger partial charge on any atom is 0.229 e. The predicted octanol–water partition coefficient (Wildman–Crippen LogP) is 4.35. The van der Waals surface area contributed by atoms with Crippen LogP contribution in [-0.2, 0) is 16.0 Å². The highest BCUT2D eigenvalue weighted by Crippen LogP contribution is 2.29. The van der Waals surface area contributed by atoms with Crippen molar-refractivity contribution in [3.05, 3.63) is 71.0 Å². The second kappa shape index (κ2) is 8.38. The Bertz CT molecular complexity index is 1130. The number of hydrogen-bond donors (Lipinski definition) is 1. The van der Waals surface area contributed by atoms with Crippen LogP contribution < -0.4 is 10.2 Å². The first kappa shape index (κ1) is 20.8. The summed E-state index contributed by atoms with van der Waals surface area (Å²) >= 11 is 0. The zero-order valence-corrected chi connectivity index (χ0v) is 18.5. The zero-order chi connectivity index (χ0) is 22.1. The van der Waals surface area contributed by atoms with E-state index in [2.05, 4.69) is 17.3 Å². The number of amides is 2. The molecule has 3 aromatic rings. The van der Waals surface area contributed by atoms with Crippen LogP contribution in [0.5, 0.6) is 0 Å². The SMILES string of the molecule is CCc1cccc(N2CC(C(=O)Nc3c(C)nn(-c4ccc(C)cc4)c3C)CC2=O)c1. The molecule has 160 valence electrons. The lowest BCUT2D eigenvalue weighted by atomic mass is 10.1. The molecule has 0 aliphatic carbocycles. The number of nitrogens with zero attached hydrogens (tertiary/aromatic N) is 3. The lowest BCUT2D eigenvalue weighted by Gasteiger charge is -2.17. The van der Waals surface area contributed by atoms with E-state index in [-0.39, 0.29) is 24.2 Å². The summed E-state index contributed by atoms with van der Waals surface area (Å²) in [6.07, 6.45) is 1.12. The van der Waals surface area contributed by atoms with Crippen molar-refractivity contribution in [2.45, 2.75) is 40.5 Å². The molecule has 2 aromatic carbocycles. The average molecular weight is 417 g/mol. The van der Waals surface area contributed by atoms with Crippen LogP contribution in [0.3, 0.4) is 0 Å². The van der Waals surface area contributed by atoms with E-state index in [1.54, 1.807) is 4.90 Å². The molecule has 1 aliphatic rings. The maximum absolute atomic E-state index is 13.0. The van der Waals surface area contributed by atoms with Crippen molar-refractivity contribution in [1.29, 1.82) is 0 Å². The Kier molecular flexibility index (Phi) is 5.63. The fraction of sp³-hybridized carbons (Fsp3) is 0.320. The van der Waals surface area contributed by atoms with Gasteiger partial charge in [-0.1, -0.05) is 36.8 Å². The first-order chi connectivity index (χ1) is 14.9. The molecule has 4 rings (SSSR count). The highest BCUT2D eigenvalue weighted by atomic mass is 16.2. The van der Waals surface area contributed by atoms with Crippen LogP contribution >= 0.6 is 0 Å². The number of carbonyl (C=O) groups is 2. The summed E-state index contributed by atoms with van der Waals surface area (Å²) in [6, 6.07) is 16.1. The van der Waals surface area contributed by atoms with Crippen LogP contribution in [0.4, 0.5) is 11.4 Å². The molecular weight excluding hydrogens is 388 g/mol. The predicted molar refractivity (Wildman–Crippen MR) is 123 cm³/mol. The number of rotatable bonds is 5. The van der Waals surface area contributed by atoms with Crippen molar-refractivity contribution in [2.24, 2.45) is 5.92 Å². The van der Waals surface area contributed by atoms with Crippen molar-refractivity contribution >= 4 is 23.2 Å². The molecule has 1 aromatic heterocycles. The van der Waals surface area contributed by atoms with Crippen LogP contribution in [0, 0.1) is 26.7 Å². The van der Waals surface area contributed by atoms with Crippen molar-refractivity contribution in [3.63, 3.8) is 0 Å². The van der Waals surface area contributed by atoms with Gasteiger partial charge in [0.05, 0.1) is 28.7 Å². The van der Waals surface area contributed by atoms with Gasteiger partial charge in [0.1, 0.15) is 0 Å². The Labute approximate surface area is 182 Å². The second-order valence-electron chi connectivity index (χ2n) is 8.21. The molecule has 1 fully saturated rings. The van der Waals surface area contributed by atoms with Crippen LogP contribution in [0.1, 0.15) is 35.9 Å². The lowest BCUT2D eigenvalue weighted by molar-refractivity contribution is -0.122. The summed E-state index contributed by atoms with van der Waals surface area (Å²) in [4.78, 5) is 27.4. The van der Waals surface area contributed by atoms with Gasteiger partial charge in [-0.15, -0.1) is 0 Å². The minimum Gasteiger partial charge on any atom is -0.323 e. The number of carbonyl (C=O) groups excluding carboxylic acids is 2. The fourth-order valence-electron chi connectivity index (χ4n) is 4.06. The minimum atomic E-state index is -0.390. The van der Waals surface area contributed by atoms with Crippen LogP contribution in [-0.4, -0.2) is 28.1 Å². The average Bonchev–Trinajstić information content (AvgIpc) is 3.29. The van der Waals surface area contributed by atoms with Crippen molar-refractivity contribution in [1.82, 2.24) is 9.78 Å². The van der Waals surface area contributed by atoms with Crippen molar-refractivity contribution < 1.29 is 9.59 Å². The van der Waals surface area contributed by atoms with E-state index in [0.29, 0.717) is 12.2 Å². The molecule has 1 N–H and O–H groups in total. The molecule has 0 saturated carbocycles. The Hall–Kier alpha value is -3.41. The first-order valence-corrected chi connectivity index (χ1v) is 10.7. The Morgan fingerprint density at radius 3 is 2.55 bits per heavy atom. The molecule has 0 spiro atoms. The van der Waals surface area contributed by atoms with Gasteiger partial charge in [-0.05, 0) is 57.0 Å². The molecule has 31 heavy (non-hydrogen) atoms. The van der Waals surface area contributed by atoms with Gasteiger partial charge in [0.2, 0.25) is 11.8 Å². The summed E-state index contributed by atoms with van der Waals surface area (Å²) in [6.45, 7) is 8.35. The fourth-order valence-corrected chi connectivity index (χ4v) is 4.06. The number of anilines is 2. The molecule has 2 amide bonds. The van der Waals surface area contributed by atoms with Gasteiger partial charge in [-0.3, -0.25) is 9.59 Å². The molecule has 6 heteroatoms. The van der Waals surface area contributed by atoms with Gasteiger partial charge < -0.3 is 10.2 Å². The van der Waals surface area contributed by atoms with Gasteiger partial charge in [0.15, 0.2) is 0 Å². The molecule has 0 radical (unpaired) electrons. The summed E-state index contributed by atoms with van der Waals surface area (Å²) in [7, 11) is 0.